The zero-order valence-electron chi connectivity index (χ0n) is 15.4. The molecule has 4 rings (SSSR count). The van der Waals surface area contributed by atoms with Crippen LogP contribution in [0.15, 0.2) is 28.9 Å². The maximum Gasteiger partial charge on any atom is 0.287 e. The number of methoxy groups -OCH3 is 1. The van der Waals surface area contributed by atoms with Crippen molar-refractivity contribution in [3.05, 3.63) is 40.9 Å². The number of carbonyl (C=O) groups excluding carboxylic acids is 1. The van der Waals surface area contributed by atoms with Crippen LogP contribution in [0.25, 0.3) is 11.0 Å². The number of rotatable bonds is 4. The van der Waals surface area contributed by atoms with Gasteiger partial charge in [-0.1, -0.05) is 37.4 Å². The third kappa shape index (κ3) is 3.17. The molecule has 1 saturated carbocycles. The van der Waals surface area contributed by atoms with E-state index in [0.29, 0.717) is 23.8 Å². The molecule has 0 bridgehead atoms. The third-order valence-corrected chi connectivity index (χ3v) is 5.72. The summed E-state index contributed by atoms with van der Waals surface area (Å²) in [6.07, 6.45) is 5.42. The Morgan fingerprint density at radius 3 is 2.89 bits per heavy atom. The molecule has 6 nitrogen and oxygen atoms in total. The second kappa shape index (κ2) is 7.09. The van der Waals surface area contributed by atoms with Crippen LogP contribution in [0, 0.1) is 0 Å². The summed E-state index contributed by atoms with van der Waals surface area (Å²) in [6.45, 7) is 4.95. The lowest BCUT2D eigenvalue weighted by atomic mass is 9.74. The molecule has 1 fully saturated rings. The first-order valence-corrected chi connectivity index (χ1v) is 9.70. The number of anilines is 1. The van der Waals surface area contributed by atoms with E-state index in [2.05, 4.69) is 22.5 Å². The standard InChI is InChI=1S/C20H24ClN3O3/c1-12-23-17-14(21)10-13-11-15(19(25)22-8-9-26-2)27-18(13)16(17)20(24-12)6-4-3-5-7-20/h10-11,23-24H,1,3-9H2,2H3,(H,22,25). The first-order chi connectivity index (χ1) is 13.0. The number of carbonyl (C=O) groups is 1. The van der Waals surface area contributed by atoms with Crippen LogP contribution in [0.5, 0.6) is 0 Å². The monoisotopic (exact) mass is 389 g/mol. The van der Waals surface area contributed by atoms with Gasteiger partial charge in [0.1, 0.15) is 5.58 Å². The van der Waals surface area contributed by atoms with Crippen LogP contribution in [-0.4, -0.2) is 26.2 Å². The lowest BCUT2D eigenvalue weighted by Crippen LogP contribution is -2.48. The van der Waals surface area contributed by atoms with Crippen molar-refractivity contribution >= 4 is 34.2 Å². The Balaban J connectivity index is 1.82. The number of ether oxygens (including phenoxy) is 1. The Bertz CT molecular complexity index is 899. The summed E-state index contributed by atoms with van der Waals surface area (Å²) in [6, 6.07) is 3.59. The van der Waals surface area contributed by atoms with Gasteiger partial charge >= 0.3 is 0 Å². The minimum atomic E-state index is -0.263. The third-order valence-electron chi connectivity index (χ3n) is 5.43. The summed E-state index contributed by atoms with van der Waals surface area (Å²) in [5.74, 6) is 0.766. The van der Waals surface area contributed by atoms with E-state index in [1.807, 2.05) is 6.07 Å². The maximum absolute atomic E-state index is 12.4. The minimum Gasteiger partial charge on any atom is -0.450 e. The molecular weight excluding hydrogens is 366 g/mol. The van der Waals surface area contributed by atoms with Crippen LogP contribution >= 0.6 is 11.6 Å². The maximum atomic E-state index is 12.4. The molecule has 1 aromatic heterocycles. The summed E-state index contributed by atoms with van der Waals surface area (Å²) < 4.78 is 11.0. The molecule has 2 heterocycles. The second-order valence-electron chi connectivity index (χ2n) is 7.26. The highest BCUT2D eigenvalue weighted by Crippen LogP contribution is 2.49. The largest absolute Gasteiger partial charge is 0.450 e. The molecule has 27 heavy (non-hydrogen) atoms. The zero-order chi connectivity index (χ0) is 19.0. The van der Waals surface area contributed by atoms with Crippen molar-refractivity contribution in [3.63, 3.8) is 0 Å². The van der Waals surface area contributed by atoms with E-state index in [9.17, 15) is 4.79 Å². The average molecular weight is 390 g/mol. The molecule has 7 heteroatoms. The number of hydrogen-bond acceptors (Lipinski definition) is 5. The van der Waals surface area contributed by atoms with Crippen LogP contribution in [0.1, 0.15) is 48.2 Å². The van der Waals surface area contributed by atoms with E-state index in [-0.39, 0.29) is 17.2 Å². The van der Waals surface area contributed by atoms with Gasteiger partial charge in [-0.3, -0.25) is 4.79 Å². The first kappa shape index (κ1) is 18.2. The highest BCUT2D eigenvalue weighted by molar-refractivity contribution is 6.34. The van der Waals surface area contributed by atoms with E-state index in [0.717, 1.165) is 48.1 Å². The van der Waals surface area contributed by atoms with Gasteiger partial charge in [-0.05, 0) is 25.0 Å². The topological polar surface area (TPSA) is 75.5 Å². The smallest absolute Gasteiger partial charge is 0.287 e. The van der Waals surface area contributed by atoms with Crippen molar-refractivity contribution < 1.29 is 13.9 Å². The van der Waals surface area contributed by atoms with Gasteiger partial charge < -0.3 is 25.1 Å². The Morgan fingerprint density at radius 2 is 2.15 bits per heavy atom. The fourth-order valence-corrected chi connectivity index (χ4v) is 4.52. The molecule has 144 valence electrons. The van der Waals surface area contributed by atoms with Gasteiger partial charge in [0.05, 0.1) is 28.7 Å². The molecule has 1 aromatic carbocycles. The fraction of sp³-hybridized carbons (Fsp3) is 0.450. The number of furan rings is 1. The van der Waals surface area contributed by atoms with Gasteiger partial charge in [0.25, 0.3) is 5.91 Å². The molecule has 1 aliphatic heterocycles. The van der Waals surface area contributed by atoms with Crippen molar-refractivity contribution in [2.24, 2.45) is 0 Å². The summed E-state index contributed by atoms with van der Waals surface area (Å²) in [4.78, 5) is 12.4. The number of nitrogens with one attached hydrogen (secondary N) is 3. The molecule has 1 spiro atoms. The first-order valence-electron chi connectivity index (χ1n) is 9.32. The van der Waals surface area contributed by atoms with Crippen molar-refractivity contribution in [2.75, 3.05) is 25.6 Å². The molecule has 0 atom stereocenters. The van der Waals surface area contributed by atoms with E-state index in [4.69, 9.17) is 20.8 Å². The zero-order valence-corrected chi connectivity index (χ0v) is 16.2. The average Bonchev–Trinajstić information content (AvgIpc) is 3.06. The van der Waals surface area contributed by atoms with Crippen LogP contribution in [0.4, 0.5) is 5.69 Å². The number of hydrogen-bond donors (Lipinski definition) is 3. The molecule has 1 amide bonds. The number of amides is 1. The van der Waals surface area contributed by atoms with Gasteiger partial charge in [0.15, 0.2) is 5.76 Å². The van der Waals surface area contributed by atoms with Crippen molar-refractivity contribution in [3.8, 4) is 0 Å². The number of fused-ring (bicyclic) bond motifs is 4. The molecular formula is C20H24ClN3O3. The van der Waals surface area contributed by atoms with Crippen LogP contribution in [0.3, 0.4) is 0 Å². The Morgan fingerprint density at radius 1 is 1.37 bits per heavy atom. The predicted molar refractivity (Wildman–Crippen MR) is 106 cm³/mol. The van der Waals surface area contributed by atoms with Gasteiger partial charge in [-0.2, -0.15) is 0 Å². The highest BCUT2D eigenvalue weighted by Gasteiger charge is 2.42. The molecule has 2 aromatic rings. The number of benzene rings is 1. The van der Waals surface area contributed by atoms with Crippen LogP contribution in [-0.2, 0) is 10.3 Å². The van der Waals surface area contributed by atoms with Crippen molar-refractivity contribution in [1.29, 1.82) is 0 Å². The lowest BCUT2D eigenvalue weighted by molar-refractivity contribution is 0.0911. The molecule has 2 aliphatic rings. The molecule has 0 saturated heterocycles. The SMILES string of the molecule is C=C1Nc2c(Cl)cc3cc(C(=O)NCCOC)oc3c2C2(CCCCC2)N1. The Hall–Kier alpha value is -2.18. The highest BCUT2D eigenvalue weighted by atomic mass is 35.5. The summed E-state index contributed by atoms with van der Waals surface area (Å²) in [5.41, 5.74) is 2.28. The van der Waals surface area contributed by atoms with E-state index in [1.165, 1.54) is 6.42 Å². The van der Waals surface area contributed by atoms with Gasteiger partial charge in [0.2, 0.25) is 0 Å². The van der Waals surface area contributed by atoms with Gasteiger partial charge in [-0.25, -0.2) is 0 Å². The lowest BCUT2D eigenvalue weighted by Gasteiger charge is -2.44. The molecule has 0 radical (unpaired) electrons. The molecule has 3 N–H and O–H groups in total. The summed E-state index contributed by atoms with van der Waals surface area (Å²) >= 11 is 6.59. The van der Waals surface area contributed by atoms with Gasteiger partial charge in [0, 0.05) is 24.6 Å². The van der Waals surface area contributed by atoms with Crippen molar-refractivity contribution in [1.82, 2.24) is 10.6 Å². The Labute approximate surface area is 163 Å². The van der Waals surface area contributed by atoms with Crippen LogP contribution in [0.2, 0.25) is 5.02 Å². The summed E-state index contributed by atoms with van der Waals surface area (Å²) in [7, 11) is 1.60. The molecule has 0 unspecified atom stereocenters. The normalized spacial score (nSPS) is 18.1. The van der Waals surface area contributed by atoms with Gasteiger partial charge in [-0.15, -0.1) is 0 Å². The van der Waals surface area contributed by atoms with E-state index < -0.39 is 0 Å². The van der Waals surface area contributed by atoms with E-state index in [1.54, 1.807) is 13.2 Å². The van der Waals surface area contributed by atoms with E-state index >= 15 is 0 Å². The molecule has 1 aliphatic carbocycles. The predicted octanol–water partition coefficient (Wildman–Crippen LogP) is 4.11. The van der Waals surface area contributed by atoms with Crippen LogP contribution < -0.4 is 16.0 Å². The second-order valence-corrected chi connectivity index (χ2v) is 7.66. The quantitative estimate of drug-likeness (QED) is 0.686. The minimum absolute atomic E-state index is 0.257. The fourth-order valence-electron chi connectivity index (χ4n) is 4.26. The Kier molecular flexibility index (Phi) is 4.78. The van der Waals surface area contributed by atoms with Crippen molar-refractivity contribution in [2.45, 2.75) is 37.6 Å². The summed E-state index contributed by atoms with van der Waals surface area (Å²) in [5, 5.41) is 11.0. The number of halogens is 1.